The largest absolute Gasteiger partial charge is 0.495 e. The highest BCUT2D eigenvalue weighted by atomic mass is 32.2. The Labute approximate surface area is 180 Å². The molecule has 0 spiro atoms. The number of carbonyl (C=O) groups is 2. The van der Waals surface area contributed by atoms with Gasteiger partial charge in [0.05, 0.1) is 17.7 Å². The summed E-state index contributed by atoms with van der Waals surface area (Å²) in [7, 11) is -2.24. The first kappa shape index (κ1) is 22.7. The van der Waals surface area contributed by atoms with Crippen molar-refractivity contribution in [3.63, 3.8) is 0 Å². The van der Waals surface area contributed by atoms with E-state index in [1.54, 1.807) is 29.2 Å². The summed E-state index contributed by atoms with van der Waals surface area (Å²) in [5.74, 6) is -0.505. The maximum Gasteiger partial charge on any atom is 0.243 e. The van der Waals surface area contributed by atoms with Gasteiger partial charge in [-0.1, -0.05) is 12.1 Å². The van der Waals surface area contributed by atoms with Crippen molar-refractivity contribution in [1.82, 2.24) is 9.21 Å². The van der Waals surface area contributed by atoms with E-state index in [1.807, 2.05) is 0 Å². The molecule has 1 heterocycles. The molecule has 166 valence electrons. The second-order valence-corrected chi connectivity index (χ2v) is 8.93. The van der Waals surface area contributed by atoms with Crippen molar-refractivity contribution in [2.75, 3.05) is 38.6 Å². The number of hydrogen-bond donors (Lipinski definition) is 1. The number of halogens is 1. The van der Waals surface area contributed by atoms with Crippen molar-refractivity contribution in [3.05, 3.63) is 54.3 Å². The number of amides is 2. The third-order valence-corrected chi connectivity index (χ3v) is 6.90. The number of carbonyl (C=O) groups excluding carboxylic acids is 2. The molecule has 10 heteroatoms. The number of rotatable bonds is 7. The molecule has 0 saturated carbocycles. The van der Waals surface area contributed by atoms with E-state index >= 15 is 0 Å². The summed E-state index contributed by atoms with van der Waals surface area (Å²) in [6.07, 6.45) is 0.0245. The smallest absolute Gasteiger partial charge is 0.243 e. The molecule has 1 fully saturated rings. The number of nitrogens with one attached hydrogen (secondary N) is 1. The second kappa shape index (κ2) is 9.88. The maximum atomic E-state index is 13.1. The zero-order chi connectivity index (χ0) is 22.4. The molecule has 1 N–H and O–H groups in total. The van der Waals surface area contributed by atoms with E-state index in [-0.39, 0.29) is 55.7 Å². The lowest BCUT2D eigenvalue weighted by Crippen LogP contribution is -2.50. The van der Waals surface area contributed by atoms with Crippen LogP contribution in [0.25, 0.3) is 0 Å². The van der Waals surface area contributed by atoms with E-state index in [2.05, 4.69) is 5.32 Å². The molecule has 31 heavy (non-hydrogen) atoms. The highest BCUT2D eigenvalue weighted by Gasteiger charge is 2.30. The van der Waals surface area contributed by atoms with Crippen LogP contribution in [0.1, 0.15) is 12.8 Å². The average molecular weight is 450 g/mol. The van der Waals surface area contributed by atoms with E-state index in [0.29, 0.717) is 11.4 Å². The molecule has 8 nitrogen and oxygen atoms in total. The fourth-order valence-corrected chi connectivity index (χ4v) is 4.69. The van der Waals surface area contributed by atoms with E-state index in [0.717, 1.165) is 12.1 Å². The molecular formula is C21H24FN3O5S. The Kier molecular flexibility index (Phi) is 7.24. The Bertz CT molecular complexity index is 1040. The molecular weight excluding hydrogens is 425 g/mol. The minimum absolute atomic E-state index is 0.00493. The van der Waals surface area contributed by atoms with Crippen LogP contribution in [0.5, 0.6) is 5.75 Å². The second-order valence-electron chi connectivity index (χ2n) is 6.99. The van der Waals surface area contributed by atoms with Crippen molar-refractivity contribution in [1.29, 1.82) is 0 Å². The van der Waals surface area contributed by atoms with Crippen molar-refractivity contribution in [3.8, 4) is 5.75 Å². The van der Waals surface area contributed by atoms with Gasteiger partial charge in [0.25, 0.3) is 0 Å². The third-order valence-electron chi connectivity index (χ3n) is 4.99. The number of methoxy groups -OCH3 is 1. The number of para-hydroxylation sites is 2. The van der Waals surface area contributed by atoms with Gasteiger partial charge in [0.1, 0.15) is 11.6 Å². The Morgan fingerprint density at radius 1 is 1.00 bits per heavy atom. The molecule has 0 radical (unpaired) electrons. The molecule has 0 unspecified atom stereocenters. The zero-order valence-electron chi connectivity index (χ0n) is 17.1. The number of piperazine rings is 1. The molecule has 2 aromatic carbocycles. The van der Waals surface area contributed by atoms with E-state index in [1.165, 1.54) is 23.5 Å². The number of anilines is 1. The van der Waals surface area contributed by atoms with Crippen LogP contribution in [0.3, 0.4) is 0 Å². The van der Waals surface area contributed by atoms with Crippen molar-refractivity contribution in [2.45, 2.75) is 17.7 Å². The van der Waals surface area contributed by atoms with Crippen LogP contribution in [0.15, 0.2) is 53.4 Å². The van der Waals surface area contributed by atoms with Crippen molar-refractivity contribution < 1.29 is 27.1 Å². The first-order valence-electron chi connectivity index (χ1n) is 9.77. The molecule has 1 saturated heterocycles. The number of benzene rings is 2. The summed E-state index contributed by atoms with van der Waals surface area (Å²) in [5.41, 5.74) is 0.530. The fraction of sp³-hybridized carbons (Fsp3) is 0.333. The zero-order valence-corrected chi connectivity index (χ0v) is 17.9. The Morgan fingerprint density at radius 2 is 1.65 bits per heavy atom. The predicted molar refractivity (Wildman–Crippen MR) is 113 cm³/mol. The van der Waals surface area contributed by atoms with Crippen LogP contribution in [-0.4, -0.2) is 62.7 Å². The van der Waals surface area contributed by atoms with Crippen LogP contribution >= 0.6 is 0 Å². The standard InChI is InChI=1S/C21H24FN3O5S/c1-30-19-5-3-2-4-18(19)23-20(26)10-11-21(27)24-12-14-25(15-13-24)31(28,29)17-8-6-16(22)7-9-17/h2-9H,10-15H2,1H3,(H,23,26). The fourth-order valence-electron chi connectivity index (χ4n) is 3.27. The lowest BCUT2D eigenvalue weighted by atomic mass is 10.2. The molecule has 2 amide bonds. The first-order chi connectivity index (χ1) is 14.8. The normalized spacial score (nSPS) is 14.8. The molecule has 3 rings (SSSR count). The van der Waals surface area contributed by atoms with Gasteiger partial charge in [-0.15, -0.1) is 0 Å². The quantitative estimate of drug-likeness (QED) is 0.698. The molecule has 2 aromatic rings. The summed E-state index contributed by atoms with van der Waals surface area (Å²) in [6, 6.07) is 11.6. The van der Waals surface area contributed by atoms with Crippen LogP contribution in [0.2, 0.25) is 0 Å². The summed E-state index contributed by atoms with van der Waals surface area (Å²) in [5, 5.41) is 2.72. The number of hydrogen-bond acceptors (Lipinski definition) is 5. The molecule has 0 aromatic heterocycles. The highest BCUT2D eigenvalue weighted by molar-refractivity contribution is 7.89. The monoisotopic (exact) mass is 449 g/mol. The van der Waals surface area contributed by atoms with Gasteiger partial charge in [0.15, 0.2) is 0 Å². The molecule has 0 atom stereocenters. The van der Waals surface area contributed by atoms with Crippen LogP contribution in [-0.2, 0) is 19.6 Å². The molecule has 0 aliphatic carbocycles. The SMILES string of the molecule is COc1ccccc1NC(=O)CCC(=O)N1CCN(S(=O)(=O)c2ccc(F)cc2)CC1. The van der Waals surface area contributed by atoms with E-state index < -0.39 is 15.8 Å². The topological polar surface area (TPSA) is 96.0 Å². The van der Waals surface area contributed by atoms with Gasteiger partial charge >= 0.3 is 0 Å². The lowest BCUT2D eigenvalue weighted by Gasteiger charge is -2.34. The Balaban J connectivity index is 1.49. The number of ether oxygens (including phenoxy) is 1. The summed E-state index contributed by atoms with van der Waals surface area (Å²) < 4.78 is 44.8. The van der Waals surface area contributed by atoms with Gasteiger partial charge in [-0.25, -0.2) is 12.8 Å². The van der Waals surface area contributed by atoms with Gasteiger partial charge < -0.3 is 15.0 Å². The van der Waals surface area contributed by atoms with Crippen molar-refractivity contribution in [2.24, 2.45) is 0 Å². The molecule has 1 aliphatic heterocycles. The number of sulfonamides is 1. The first-order valence-corrected chi connectivity index (χ1v) is 11.2. The maximum absolute atomic E-state index is 13.1. The summed E-state index contributed by atoms with van der Waals surface area (Å²) in [6.45, 7) is 0.735. The van der Waals surface area contributed by atoms with Gasteiger partial charge in [-0.2, -0.15) is 4.31 Å². The lowest BCUT2D eigenvalue weighted by molar-refractivity contribution is -0.133. The summed E-state index contributed by atoms with van der Waals surface area (Å²) >= 11 is 0. The molecule has 1 aliphatic rings. The van der Waals surface area contributed by atoms with Gasteiger partial charge in [0, 0.05) is 39.0 Å². The van der Waals surface area contributed by atoms with Crippen LogP contribution in [0, 0.1) is 5.82 Å². The molecule has 0 bridgehead atoms. The third kappa shape index (κ3) is 5.59. The van der Waals surface area contributed by atoms with Crippen LogP contribution in [0.4, 0.5) is 10.1 Å². The highest BCUT2D eigenvalue weighted by Crippen LogP contribution is 2.23. The van der Waals surface area contributed by atoms with Gasteiger partial charge in [-0.05, 0) is 36.4 Å². The van der Waals surface area contributed by atoms with Crippen LogP contribution < -0.4 is 10.1 Å². The Hall–Kier alpha value is -2.98. The van der Waals surface area contributed by atoms with Gasteiger partial charge in [0.2, 0.25) is 21.8 Å². The minimum atomic E-state index is -3.74. The predicted octanol–water partition coefficient (Wildman–Crippen LogP) is 2.09. The average Bonchev–Trinajstić information content (AvgIpc) is 2.78. The van der Waals surface area contributed by atoms with Gasteiger partial charge in [-0.3, -0.25) is 9.59 Å². The summed E-state index contributed by atoms with van der Waals surface area (Å²) in [4.78, 5) is 26.2. The van der Waals surface area contributed by atoms with Crippen molar-refractivity contribution >= 4 is 27.5 Å². The minimum Gasteiger partial charge on any atom is -0.495 e. The Morgan fingerprint density at radius 3 is 2.29 bits per heavy atom. The number of nitrogens with zero attached hydrogens (tertiary/aromatic N) is 2. The van der Waals surface area contributed by atoms with E-state index in [9.17, 15) is 22.4 Å². The van der Waals surface area contributed by atoms with E-state index in [4.69, 9.17) is 4.74 Å².